The van der Waals surface area contributed by atoms with Gasteiger partial charge in [-0.3, -0.25) is 4.79 Å². The number of hydrogen-bond donors (Lipinski definition) is 1. The molecule has 0 unspecified atom stereocenters. The van der Waals surface area contributed by atoms with Crippen molar-refractivity contribution >= 4 is 12.1 Å². The van der Waals surface area contributed by atoms with Gasteiger partial charge in [0.15, 0.2) is 0 Å². The quantitative estimate of drug-likeness (QED) is 0.560. The molecule has 0 aromatic heterocycles. The van der Waals surface area contributed by atoms with E-state index in [2.05, 4.69) is 14.8 Å². The minimum atomic E-state index is -0.456. The van der Waals surface area contributed by atoms with Crippen LogP contribution in [0, 0.1) is 0 Å². The smallest absolute Gasteiger partial charge is 0.407 e. The van der Waals surface area contributed by atoms with E-state index in [1.165, 1.54) is 6.92 Å². The van der Waals surface area contributed by atoms with Crippen molar-refractivity contribution in [3.63, 3.8) is 0 Å². The van der Waals surface area contributed by atoms with E-state index in [-0.39, 0.29) is 25.2 Å². The normalized spacial score (nSPS) is 22.3. The van der Waals surface area contributed by atoms with E-state index in [1.54, 1.807) is 0 Å². The molecule has 5 nitrogen and oxygen atoms in total. The second-order valence-corrected chi connectivity index (χ2v) is 2.24. The van der Waals surface area contributed by atoms with Gasteiger partial charge < -0.3 is 14.8 Å². The molecule has 1 atom stereocenters. The van der Waals surface area contributed by atoms with Crippen LogP contribution in [0.4, 0.5) is 4.79 Å². The van der Waals surface area contributed by atoms with E-state index in [0.29, 0.717) is 0 Å². The predicted octanol–water partition coefficient (Wildman–Crippen LogP) is -0.342. The molecule has 0 radical (unpaired) electrons. The van der Waals surface area contributed by atoms with Crippen molar-refractivity contribution < 1.29 is 19.1 Å². The second kappa shape index (κ2) is 3.23. The largest absolute Gasteiger partial charge is 0.464 e. The highest BCUT2D eigenvalue weighted by Crippen LogP contribution is 1.97. The first-order chi connectivity index (χ1) is 5.18. The minimum absolute atomic E-state index is 0.182. The maximum Gasteiger partial charge on any atom is 0.407 e. The summed E-state index contributed by atoms with van der Waals surface area (Å²) in [6.07, 6.45) is -0.456. The molecule has 1 saturated heterocycles. The van der Waals surface area contributed by atoms with E-state index >= 15 is 0 Å². The number of ether oxygens (including phenoxy) is 2. The first-order valence-electron chi connectivity index (χ1n) is 3.25. The van der Waals surface area contributed by atoms with E-state index in [1.807, 2.05) is 0 Å². The molecule has 0 bridgehead atoms. The van der Waals surface area contributed by atoms with Crippen LogP contribution in [-0.2, 0) is 14.3 Å². The van der Waals surface area contributed by atoms with Gasteiger partial charge in [0.1, 0.15) is 19.3 Å². The Hall–Kier alpha value is -1.26. The fraction of sp³-hybridized carbons (Fsp3) is 0.667. The molecule has 0 aromatic rings. The summed E-state index contributed by atoms with van der Waals surface area (Å²) in [6.45, 7) is 1.77. The SMILES string of the molecule is CC(=O)OC[C@H]1COC(=O)N1. The third-order valence-electron chi connectivity index (χ3n) is 1.23. The van der Waals surface area contributed by atoms with Crippen LogP contribution in [0.15, 0.2) is 0 Å². The molecule has 0 aromatic carbocycles. The second-order valence-electron chi connectivity index (χ2n) is 2.24. The molecule has 0 aliphatic carbocycles. The molecule has 5 heteroatoms. The molecule has 1 aliphatic rings. The molecule has 0 spiro atoms. The first-order valence-corrected chi connectivity index (χ1v) is 3.25. The Morgan fingerprint density at radius 3 is 3.09 bits per heavy atom. The molecule has 1 amide bonds. The van der Waals surface area contributed by atoms with E-state index in [4.69, 9.17) is 0 Å². The van der Waals surface area contributed by atoms with Crippen molar-refractivity contribution in [2.45, 2.75) is 13.0 Å². The lowest BCUT2D eigenvalue weighted by molar-refractivity contribution is -0.141. The molecule has 1 fully saturated rings. The van der Waals surface area contributed by atoms with Crippen molar-refractivity contribution in [3.8, 4) is 0 Å². The average Bonchev–Trinajstić information content (AvgIpc) is 2.31. The fourth-order valence-electron chi connectivity index (χ4n) is 0.734. The molecule has 11 heavy (non-hydrogen) atoms. The predicted molar refractivity (Wildman–Crippen MR) is 34.9 cm³/mol. The van der Waals surface area contributed by atoms with Gasteiger partial charge in [0.2, 0.25) is 0 Å². The minimum Gasteiger partial charge on any atom is -0.464 e. The lowest BCUT2D eigenvalue weighted by atomic mass is 10.4. The Balaban J connectivity index is 2.18. The average molecular weight is 159 g/mol. The van der Waals surface area contributed by atoms with Gasteiger partial charge in [-0.1, -0.05) is 0 Å². The highest BCUT2D eigenvalue weighted by molar-refractivity contribution is 5.70. The summed E-state index contributed by atoms with van der Waals surface area (Å²) >= 11 is 0. The zero-order valence-corrected chi connectivity index (χ0v) is 6.12. The summed E-state index contributed by atoms with van der Waals surface area (Å²) in [7, 11) is 0. The molecular formula is C6H9NO4. The molecule has 62 valence electrons. The Kier molecular flexibility index (Phi) is 2.30. The summed E-state index contributed by atoms with van der Waals surface area (Å²) < 4.78 is 9.20. The van der Waals surface area contributed by atoms with Crippen LogP contribution in [0.5, 0.6) is 0 Å². The Labute approximate surface area is 63.7 Å². The van der Waals surface area contributed by atoms with Gasteiger partial charge in [-0.05, 0) is 0 Å². The van der Waals surface area contributed by atoms with Crippen LogP contribution in [0.2, 0.25) is 0 Å². The zero-order chi connectivity index (χ0) is 8.27. The Morgan fingerprint density at radius 2 is 2.64 bits per heavy atom. The molecule has 0 saturated carbocycles. The highest BCUT2D eigenvalue weighted by Gasteiger charge is 2.22. The van der Waals surface area contributed by atoms with E-state index in [9.17, 15) is 9.59 Å². The van der Waals surface area contributed by atoms with Crippen molar-refractivity contribution in [1.29, 1.82) is 0 Å². The van der Waals surface area contributed by atoms with Crippen LogP contribution < -0.4 is 5.32 Å². The van der Waals surface area contributed by atoms with Gasteiger partial charge in [0.05, 0.1) is 0 Å². The lowest BCUT2D eigenvalue weighted by Crippen LogP contribution is -2.31. The molecule has 1 rings (SSSR count). The molecule has 1 aliphatic heterocycles. The van der Waals surface area contributed by atoms with E-state index < -0.39 is 6.09 Å². The highest BCUT2D eigenvalue weighted by atomic mass is 16.6. The van der Waals surface area contributed by atoms with Gasteiger partial charge >= 0.3 is 12.1 Å². The number of amides is 1. The number of cyclic esters (lactones) is 1. The van der Waals surface area contributed by atoms with Crippen molar-refractivity contribution in [1.82, 2.24) is 5.32 Å². The number of carbonyl (C=O) groups excluding carboxylic acids is 2. The number of rotatable bonds is 2. The molecule has 1 N–H and O–H groups in total. The van der Waals surface area contributed by atoms with Crippen molar-refractivity contribution in [2.24, 2.45) is 0 Å². The number of esters is 1. The number of nitrogens with one attached hydrogen (secondary N) is 1. The Bertz CT molecular complexity index is 179. The zero-order valence-electron chi connectivity index (χ0n) is 6.12. The standard InChI is InChI=1S/C6H9NO4/c1-4(8)10-2-5-3-11-6(9)7-5/h5H,2-3H2,1H3,(H,7,9)/t5-/m0/s1. The summed E-state index contributed by atoms with van der Waals surface area (Å²) in [5.41, 5.74) is 0. The maximum atomic E-state index is 10.4. The number of carbonyl (C=O) groups is 2. The summed E-state index contributed by atoms with van der Waals surface area (Å²) in [5.74, 6) is -0.355. The van der Waals surface area contributed by atoms with Crippen molar-refractivity contribution in [3.05, 3.63) is 0 Å². The third kappa shape index (κ3) is 2.45. The van der Waals surface area contributed by atoms with Crippen LogP contribution in [0.1, 0.15) is 6.92 Å². The lowest BCUT2D eigenvalue weighted by Gasteiger charge is -2.05. The summed E-state index contributed by atoms with van der Waals surface area (Å²) in [6, 6.07) is -0.189. The van der Waals surface area contributed by atoms with Gasteiger partial charge in [-0.25, -0.2) is 4.79 Å². The number of alkyl carbamates (subject to hydrolysis) is 1. The topological polar surface area (TPSA) is 64.6 Å². The Morgan fingerprint density at radius 1 is 1.91 bits per heavy atom. The summed E-state index contributed by atoms with van der Waals surface area (Å²) in [4.78, 5) is 20.7. The molecule has 1 heterocycles. The van der Waals surface area contributed by atoms with Gasteiger partial charge in [0, 0.05) is 6.92 Å². The van der Waals surface area contributed by atoms with Crippen molar-refractivity contribution in [2.75, 3.05) is 13.2 Å². The molecular weight excluding hydrogens is 150 g/mol. The monoisotopic (exact) mass is 159 g/mol. The van der Waals surface area contributed by atoms with Gasteiger partial charge in [0.25, 0.3) is 0 Å². The maximum absolute atomic E-state index is 10.4. The third-order valence-corrected chi connectivity index (χ3v) is 1.23. The fourth-order valence-corrected chi connectivity index (χ4v) is 0.734. The first kappa shape index (κ1) is 7.84. The van der Waals surface area contributed by atoms with Crippen LogP contribution in [-0.4, -0.2) is 31.3 Å². The number of hydrogen-bond acceptors (Lipinski definition) is 4. The van der Waals surface area contributed by atoms with Gasteiger partial charge in [-0.2, -0.15) is 0 Å². The summed E-state index contributed by atoms with van der Waals surface area (Å²) in [5, 5.41) is 2.47. The van der Waals surface area contributed by atoms with Crippen LogP contribution in [0.3, 0.4) is 0 Å². The van der Waals surface area contributed by atoms with Crippen LogP contribution >= 0.6 is 0 Å². The van der Waals surface area contributed by atoms with Gasteiger partial charge in [-0.15, -0.1) is 0 Å². The van der Waals surface area contributed by atoms with Crippen LogP contribution in [0.25, 0.3) is 0 Å². The van der Waals surface area contributed by atoms with E-state index in [0.717, 1.165) is 0 Å².